The smallest absolute Gasteiger partial charge is 0.251 e. The lowest BCUT2D eigenvalue weighted by molar-refractivity contribution is -0.117. The molecule has 6 nitrogen and oxygen atoms in total. The Balaban J connectivity index is 2.13. The predicted octanol–water partition coefficient (Wildman–Crippen LogP) is 3.68. The van der Waals surface area contributed by atoms with Gasteiger partial charge in [-0.05, 0) is 49.2 Å². The van der Waals surface area contributed by atoms with Crippen LogP contribution in [-0.2, 0) is 4.79 Å². The Kier molecular flexibility index (Phi) is 5.68. The highest BCUT2D eigenvalue weighted by atomic mass is 16.2. The third-order valence-electron chi connectivity index (χ3n) is 5.52. The van der Waals surface area contributed by atoms with E-state index >= 15 is 0 Å². The average Bonchev–Trinajstić information content (AvgIpc) is 2.68. The Hall–Kier alpha value is -2.89. The van der Waals surface area contributed by atoms with E-state index in [0.717, 1.165) is 29.2 Å². The molecular weight excluding hydrogens is 352 g/mol. The van der Waals surface area contributed by atoms with Gasteiger partial charge in [0, 0.05) is 42.9 Å². The molecule has 2 amide bonds. The molecule has 1 aliphatic heterocycles. The van der Waals surface area contributed by atoms with Gasteiger partial charge < -0.3 is 15.5 Å². The first kappa shape index (κ1) is 19.9. The van der Waals surface area contributed by atoms with Crippen LogP contribution in [0.3, 0.4) is 0 Å². The van der Waals surface area contributed by atoms with Crippen LogP contribution in [0.2, 0.25) is 0 Å². The number of carbonyl (C=O) groups is 2. The van der Waals surface area contributed by atoms with Gasteiger partial charge in [0.05, 0.1) is 6.04 Å². The molecule has 2 N–H and O–H groups in total. The minimum absolute atomic E-state index is 0.0137. The van der Waals surface area contributed by atoms with Gasteiger partial charge in [-0.1, -0.05) is 19.9 Å². The number of nitrogens with zero attached hydrogens (tertiary/aromatic N) is 2. The highest BCUT2D eigenvalue weighted by Gasteiger charge is 2.40. The van der Waals surface area contributed by atoms with Crippen LogP contribution in [0.4, 0.5) is 11.5 Å². The Morgan fingerprint density at radius 3 is 2.57 bits per heavy atom. The van der Waals surface area contributed by atoms with Crippen molar-refractivity contribution in [2.24, 2.45) is 5.92 Å². The lowest BCUT2D eigenvalue weighted by Gasteiger charge is -2.45. The fourth-order valence-corrected chi connectivity index (χ4v) is 4.18. The second kappa shape index (κ2) is 8.00. The number of hydrogen-bond acceptors (Lipinski definition) is 4. The fraction of sp³-hybridized carbons (Fsp3) is 0.409. The van der Waals surface area contributed by atoms with E-state index in [1.54, 1.807) is 20.0 Å². The number of aromatic nitrogens is 1. The summed E-state index contributed by atoms with van der Waals surface area (Å²) in [5.41, 5.74) is 3.31. The van der Waals surface area contributed by atoms with Crippen molar-refractivity contribution in [2.45, 2.75) is 46.2 Å². The van der Waals surface area contributed by atoms with E-state index in [0.29, 0.717) is 5.56 Å². The van der Waals surface area contributed by atoms with Crippen LogP contribution in [-0.4, -0.2) is 29.9 Å². The van der Waals surface area contributed by atoms with Crippen LogP contribution in [0.1, 0.15) is 54.8 Å². The van der Waals surface area contributed by atoms with E-state index in [2.05, 4.69) is 29.5 Å². The van der Waals surface area contributed by atoms with Crippen molar-refractivity contribution in [1.29, 1.82) is 0 Å². The summed E-state index contributed by atoms with van der Waals surface area (Å²) in [5, 5.41) is 6.23. The van der Waals surface area contributed by atoms with Crippen molar-refractivity contribution < 1.29 is 9.59 Å². The van der Waals surface area contributed by atoms with Gasteiger partial charge in [-0.3, -0.25) is 9.59 Å². The number of fused-ring (bicyclic) bond motifs is 1. The van der Waals surface area contributed by atoms with Crippen molar-refractivity contribution in [3.63, 3.8) is 0 Å². The van der Waals surface area contributed by atoms with Gasteiger partial charge in [0.15, 0.2) is 0 Å². The van der Waals surface area contributed by atoms with E-state index < -0.39 is 0 Å². The second-order valence-corrected chi connectivity index (χ2v) is 7.36. The molecule has 0 radical (unpaired) electrons. The number of aryl methyl sites for hydroxylation is 1. The Morgan fingerprint density at radius 1 is 1.21 bits per heavy atom. The SMILES string of the molecule is CC[C@H]1[C@H](C)[C@@H](Nc2cccc(C)n2)c2cc(C(=O)NC)ccc2N1C(C)=O. The van der Waals surface area contributed by atoms with E-state index in [4.69, 9.17) is 0 Å². The van der Waals surface area contributed by atoms with Crippen molar-refractivity contribution in [1.82, 2.24) is 10.3 Å². The molecule has 28 heavy (non-hydrogen) atoms. The summed E-state index contributed by atoms with van der Waals surface area (Å²) in [6, 6.07) is 11.4. The summed E-state index contributed by atoms with van der Waals surface area (Å²) in [7, 11) is 1.62. The van der Waals surface area contributed by atoms with E-state index in [1.165, 1.54) is 0 Å². The summed E-state index contributed by atoms with van der Waals surface area (Å²) in [4.78, 5) is 31.1. The highest BCUT2D eigenvalue weighted by molar-refractivity contribution is 5.97. The zero-order chi connectivity index (χ0) is 20.4. The normalized spacial score (nSPS) is 21.0. The molecule has 3 rings (SSSR count). The molecule has 1 aliphatic rings. The summed E-state index contributed by atoms with van der Waals surface area (Å²) in [6.45, 7) is 7.80. The zero-order valence-corrected chi connectivity index (χ0v) is 17.1. The molecule has 0 saturated carbocycles. The van der Waals surface area contributed by atoms with Gasteiger partial charge in [-0.15, -0.1) is 0 Å². The number of pyridine rings is 1. The molecule has 0 saturated heterocycles. The first-order valence-corrected chi connectivity index (χ1v) is 9.73. The highest BCUT2D eigenvalue weighted by Crippen LogP contribution is 2.43. The molecule has 1 aromatic heterocycles. The van der Waals surface area contributed by atoms with Crippen LogP contribution >= 0.6 is 0 Å². The van der Waals surface area contributed by atoms with Gasteiger partial charge >= 0.3 is 0 Å². The average molecular weight is 380 g/mol. The maximum Gasteiger partial charge on any atom is 0.251 e. The van der Waals surface area contributed by atoms with Crippen LogP contribution in [0.25, 0.3) is 0 Å². The third kappa shape index (κ3) is 3.59. The van der Waals surface area contributed by atoms with Gasteiger partial charge in [0.2, 0.25) is 5.91 Å². The lowest BCUT2D eigenvalue weighted by atomic mass is 9.80. The van der Waals surface area contributed by atoms with E-state index in [-0.39, 0.29) is 29.8 Å². The maximum absolute atomic E-state index is 12.5. The molecule has 0 bridgehead atoms. The largest absolute Gasteiger partial charge is 0.363 e. The van der Waals surface area contributed by atoms with Crippen molar-refractivity contribution >= 4 is 23.3 Å². The molecule has 0 unspecified atom stereocenters. The number of anilines is 2. The minimum Gasteiger partial charge on any atom is -0.363 e. The summed E-state index contributed by atoms with van der Waals surface area (Å²) < 4.78 is 0. The first-order valence-electron chi connectivity index (χ1n) is 9.73. The van der Waals surface area contributed by atoms with Crippen molar-refractivity contribution in [3.05, 3.63) is 53.2 Å². The summed E-state index contributed by atoms with van der Waals surface area (Å²) in [6.07, 6.45) is 0.844. The van der Waals surface area contributed by atoms with Crippen molar-refractivity contribution in [2.75, 3.05) is 17.3 Å². The Bertz CT molecular complexity index is 896. The number of nitrogens with one attached hydrogen (secondary N) is 2. The molecule has 0 aliphatic carbocycles. The summed E-state index contributed by atoms with van der Waals surface area (Å²) in [5.74, 6) is 0.803. The number of hydrogen-bond donors (Lipinski definition) is 2. The van der Waals surface area contributed by atoms with Crippen LogP contribution in [0, 0.1) is 12.8 Å². The number of benzene rings is 1. The molecule has 3 atom stereocenters. The molecule has 2 aromatic rings. The van der Waals surface area contributed by atoms with Gasteiger partial charge in [0.1, 0.15) is 5.82 Å². The van der Waals surface area contributed by atoms with Gasteiger partial charge in [-0.25, -0.2) is 4.98 Å². The van der Waals surface area contributed by atoms with Gasteiger partial charge in [0.25, 0.3) is 5.91 Å². The maximum atomic E-state index is 12.5. The van der Waals surface area contributed by atoms with E-state index in [1.807, 2.05) is 42.2 Å². The fourth-order valence-electron chi connectivity index (χ4n) is 4.18. The standard InChI is InChI=1S/C22H28N4O2/c1-6-18-14(3)21(25-20-9-7-8-13(2)24-20)17-12-16(22(28)23-5)10-11-19(17)26(18)15(4)27/h7-12,14,18,21H,6H2,1-5H3,(H,23,28)(H,24,25)/t14-,18-,21+/m0/s1. The predicted molar refractivity (Wildman–Crippen MR) is 112 cm³/mol. The minimum atomic E-state index is -0.144. The quantitative estimate of drug-likeness (QED) is 0.848. The Morgan fingerprint density at radius 2 is 1.96 bits per heavy atom. The van der Waals surface area contributed by atoms with E-state index in [9.17, 15) is 9.59 Å². The number of amides is 2. The second-order valence-electron chi connectivity index (χ2n) is 7.36. The molecule has 0 fully saturated rings. The molecule has 0 spiro atoms. The lowest BCUT2D eigenvalue weighted by Crippen LogP contribution is -2.49. The molecule has 6 heteroatoms. The van der Waals surface area contributed by atoms with Crippen LogP contribution < -0.4 is 15.5 Å². The third-order valence-corrected chi connectivity index (χ3v) is 5.52. The van der Waals surface area contributed by atoms with Crippen LogP contribution in [0.15, 0.2) is 36.4 Å². The molecule has 1 aromatic carbocycles. The first-order chi connectivity index (χ1) is 13.4. The molecular formula is C22H28N4O2. The van der Waals surface area contributed by atoms with Crippen molar-refractivity contribution in [3.8, 4) is 0 Å². The topological polar surface area (TPSA) is 74.3 Å². The molecule has 148 valence electrons. The van der Waals surface area contributed by atoms with Gasteiger partial charge in [-0.2, -0.15) is 0 Å². The summed E-state index contributed by atoms with van der Waals surface area (Å²) >= 11 is 0. The van der Waals surface area contributed by atoms with Crippen LogP contribution in [0.5, 0.6) is 0 Å². The zero-order valence-electron chi connectivity index (χ0n) is 17.1. The Labute approximate surface area is 166 Å². The number of carbonyl (C=O) groups excluding carboxylic acids is 2. The molecule has 2 heterocycles. The monoisotopic (exact) mass is 380 g/mol. The number of rotatable bonds is 4.